The third-order valence-corrected chi connectivity index (χ3v) is 4.76. The summed E-state index contributed by atoms with van der Waals surface area (Å²) >= 11 is 0. The average Bonchev–Trinajstić information content (AvgIpc) is 3.29. The van der Waals surface area contributed by atoms with Crippen LogP contribution in [0.2, 0.25) is 0 Å². The van der Waals surface area contributed by atoms with Gasteiger partial charge in [-0.2, -0.15) is 0 Å². The van der Waals surface area contributed by atoms with E-state index >= 15 is 0 Å². The summed E-state index contributed by atoms with van der Waals surface area (Å²) < 4.78 is 1.97. The lowest BCUT2D eigenvalue weighted by Crippen LogP contribution is -2.37. The Balaban J connectivity index is 1.56. The molecule has 0 saturated heterocycles. The Hall–Kier alpha value is -1.85. The number of amides is 2. The van der Waals surface area contributed by atoms with Gasteiger partial charge < -0.3 is 15.2 Å². The topological polar surface area (TPSA) is 76.0 Å². The zero-order chi connectivity index (χ0) is 16.2. The van der Waals surface area contributed by atoms with E-state index < -0.39 is 0 Å². The minimum Gasteiger partial charge on any atom is -0.356 e. The highest BCUT2D eigenvalue weighted by Crippen LogP contribution is 2.28. The summed E-state index contributed by atoms with van der Waals surface area (Å²) in [5, 5.41) is 5.97. The van der Waals surface area contributed by atoms with Gasteiger partial charge in [-0.1, -0.05) is 13.3 Å². The SMILES string of the molecule is CCCCNC(=O)c1ncn2c1CCC(C(=O)NCC1CC1)C2. The van der Waals surface area contributed by atoms with Crippen LogP contribution in [-0.2, 0) is 17.8 Å². The number of aromatic nitrogens is 2. The number of rotatable bonds is 7. The molecule has 2 aliphatic rings. The Bertz CT molecular complexity index is 577. The highest BCUT2D eigenvalue weighted by atomic mass is 16.2. The number of nitrogens with one attached hydrogen (secondary N) is 2. The zero-order valence-corrected chi connectivity index (χ0v) is 13.8. The second-order valence-electron chi connectivity index (χ2n) is 6.73. The minimum atomic E-state index is -0.0937. The van der Waals surface area contributed by atoms with Crippen molar-refractivity contribution in [3.05, 3.63) is 17.7 Å². The molecule has 0 spiro atoms. The van der Waals surface area contributed by atoms with Gasteiger partial charge in [-0.3, -0.25) is 9.59 Å². The molecule has 2 heterocycles. The highest BCUT2D eigenvalue weighted by molar-refractivity contribution is 5.93. The third-order valence-electron chi connectivity index (χ3n) is 4.76. The van der Waals surface area contributed by atoms with Crippen molar-refractivity contribution in [1.82, 2.24) is 20.2 Å². The monoisotopic (exact) mass is 318 g/mol. The van der Waals surface area contributed by atoms with Crippen LogP contribution in [0.25, 0.3) is 0 Å². The molecule has 3 rings (SSSR count). The summed E-state index contributed by atoms with van der Waals surface area (Å²) in [6.45, 7) is 4.23. The molecule has 2 amide bonds. The molecular formula is C17H26N4O2. The molecule has 126 valence electrons. The fourth-order valence-electron chi connectivity index (χ4n) is 3.04. The van der Waals surface area contributed by atoms with Gasteiger partial charge in [0.15, 0.2) is 0 Å². The molecule has 1 aromatic heterocycles. The van der Waals surface area contributed by atoms with Gasteiger partial charge in [-0.15, -0.1) is 0 Å². The minimum absolute atomic E-state index is 0.00791. The summed E-state index contributed by atoms with van der Waals surface area (Å²) in [6.07, 6.45) is 7.74. The molecule has 1 aliphatic heterocycles. The highest BCUT2D eigenvalue weighted by Gasteiger charge is 2.29. The molecule has 1 fully saturated rings. The first-order chi connectivity index (χ1) is 11.2. The molecule has 1 aromatic rings. The number of nitrogens with zero attached hydrogens (tertiary/aromatic N) is 2. The second-order valence-corrected chi connectivity index (χ2v) is 6.73. The van der Waals surface area contributed by atoms with Gasteiger partial charge in [0.25, 0.3) is 5.91 Å². The Morgan fingerprint density at radius 2 is 2.13 bits per heavy atom. The van der Waals surface area contributed by atoms with Crippen LogP contribution in [0.1, 0.15) is 55.2 Å². The van der Waals surface area contributed by atoms with Gasteiger partial charge in [0.1, 0.15) is 5.69 Å². The summed E-state index contributed by atoms with van der Waals surface area (Å²) in [5.41, 5.74) is 1.49. The van der Waals surface area contributed by atoms with Crippen LogP contribution < -0.4 is 10.6 Å². The molecule has 6 nitrogen and oxygen atoms in total. The number of unbranched alkanes of at least 4 members (excludes halogenated alkanes) is 1. The quantitative estimate of drug-likeness (QED) is 0.748. The van der Waals surface area contributed by atoms with Crippen molar-refractivity contribution in [2.24, 2.45) is 11.8 Å². The molecule has 0 aromatic carbocycles. The molecule has 1 unspecified atom stereocenters. The lowest BCUT2D eigenvalue weighted by Gasteiger charge is -2.24. The number of fused-ring (bicyclic) bond motifs is 1. The van der Waals surface area contributed by atoms with Crippen molar-refractivity contribution < 1.29 is 9.59 Å². The van der Waals surface area contributed by atoms with Crippen molar-refractivity contribution >= 4 is 11.8 Å². The van der Waals surface area contributed by atoms with Gasteiger partial charge in [0.05, 0.1) is 17.9 Å². The number of imidazole rings is 1. The summed E-state index contributed by atoms with van der Waals surface area (Å²) in [7, 11) is 0. The average molecular weight is 318 g/mol. The molecule has 23 heavy (non-hydrogen) atoms. The maximum absolute atomic E-state index is 12.2. The maximum atomic E-state index is 12.2. The summed E-state index contributed by atoms with van der Waals surface area (Å²) in [4.78, 5) is 28.7. The first-order valence-electron chi connectivity index (χ1n) is 8.79. The van der Waals surface area contributed by atoms with Crippen LogP contribution in [0.5, 0.6) is 0 Å². The fraction of sp³-hybridized carbons (Fsp3) is 0.706. The van der Waals surface area contributed by atoms with E-state index in [1.165, 1.54) is 12.8 Å². The van der Waals surface area contributed by atoms with E-state index in [-0.39, 0.29) is 17.7 Å². The van der Waals surface area contributed by atoms with Crippen LogP contribution in [-0.4, -0.2) is 34.5 Å². The number of carbonyl (C=O) groups is 2. The lowest BCUT2D eigenvalue weighted by molar-refractivity contribution is -0.126. The second kappa shape index (κ2) is 7.15. The Morgan fingerprint density at radius 1 is 1.30 bits per heavy atom. The van der Waals surface area contributed by atoms with Crippen LogP contribution in [0.15, 0.2) is 6.33 Å². The molecule has 6 heteroatoms. The van der Waals surface area contributed by atoms with Crippen LogP contribution in [0.3, 0.4) is 0 Å². The molecule has 1 atom stereocenters. The first-order valence-corrected chi connectivity index (χ1v) is 8.79. The number of hydrogen-bond donors (Lipinski definition) is 2. The van der Waals surface area contributed by atoms with Gasteiger partial charge in [0.2, 0.25) is 5.91 Å². The van der Waals surface area contributed by atoms with E-state index in [0.29, 0.717) is 24.7 Å². The predicted molar refractivity (Wildman–Crippen MR) is 87.0 cm³/mol. The van der Waals surface area contributed by atoms with E-state index in [1.54, 1.807) is 6.33 Å². The van der Waals surface area contributed by atoms with Crippen LogP contribution in [0.4, 0.5) is 0 Å². The smallest absolute Gasteiger partial charge is 0.271 e. The zero-order valence-electron chi connectivity index (χ0n) is 13.8. The standard InChI is InChI=1S/C17H26N4O2/c1-2-3-8-18-17(23)15-14-7-6-13(10-21(14)11-20-15)16(22)19-9-12-4-5-12/h11-13H,2-10H2,1H3,(H,18,23)(H,19,22). The van der Waals surface area contributed by atoms with Crippen molar-refractivity contribution in [2.45, 2.75) is 52.0 Å². The van der Waals surface area contributed by atoms with Gasteiger partial charge in [-0.05, 0) is 38.0 Å². The lowest BCUT2D eigenvalue weighted by atomic mass is 9.96. The molecule has 1 aliphatic carbocycles. The van der Waals surface area contributed by atoms with Gasteiger partial charge >= 0.3 is 0 Å². The van der Waals surface area contributed by atoms with Gasteiger partial charge in [-0.25, -0.2) is 4.98 Å². The van der Waals surface area contributed by atoms with Crippen molar-refractivity contribution in [3.8, 4) is 0 Å². The van der Waals surface area contributed by atoms with Crippen molar-refractivity contribution in [2.75, 3.05) is 13.1 Å². The van der Waals surface area contributed by atoms with E-state index in [0.717, 1.165) is 37.9 Å². The first kappa shape index (κ1) is 16.0. The van der Waals surface area contributed by atoms with Crippen molar-refractivity contribution in [1.29, 1.82) is 0 Å². The predicted octanol–water partition coefficient (Wildman–Crippen LogP) is 1.50. The normalized spacial score (nSPS) is 20.0. The maximum Gasteiger partial charge on any atom is 0.271 e. The molecule has 1 saturated carbocycles. The molecular weight excluding hydrogens is 292 g/mol. The Labute approximate surface area is 137 Å². The Morgan fingerprint density at radius 3 is 2.87 bits per heavy atom. The van der Waals surface area contributed by atoms with E-state index in [1.807, 2.05) is 4.57 Å². The van der Waals surface area contributed by atoms with Crippen LogP contribution >= 0.6 is 0 Å². The fourth-order valence-corrected chi connectivity index (χ4v) is 3.04. The van der Waals surface area contributed by atoms with E-state index in [4.69, 9.17) is 0 Å². The Kier molecular flexibility index (Phi) is 4.98. The van der Waals surface area contributed by atoms with E-state index in [9.17, 15) is 9.59 Å². The third kappa shape index (κ3) is 3.92. The molecule has 0 radical (unpaired) electrons. The van der Waals surface area contributed by atoms with Crippen molar-refractivity contribution in [3.63, 3.8) is 0 Å². The van der Waals surface area contributed by atoms with E-state index in [2.05, 4.69) is 22.5 Å². The number of hydrogen-bond acceptors (Lipinski definition) is 3. The molecule has 2 N–H and O–H groups in total. The summed E-state index contributed by atoms with van der Waals surface area (Å²) in [5.74, 6) is 0.741. The summed E-state index contributed by atoms with van der Waals surface area (Å²) in [6, 6.07) is 0. The number of carbonyl (C=O) groups excluding carboxylic acids is 2. The molecule has 0 bridgehead atoms. The van der Waals surface area contributed by atoms with Crippen LogP contribution in [0, 0.1) is 11.8 Å². The van der Waals surface area contributed by atoms with Gasteiger partial charge in [0, 0.05) is 19.6 Å². The largest absolute Gasteiger partial charge is 0.356 e.